The molecule has 1 aliphatic carbocycles. The highest BCUT2D eigenvalue weighted by Crippen LogP contribution is 2.43. The summed E-state index contributed by atoms with van der Waals surface area (Å²) < 4.78 is 0. The predicted octanol–water partition coefficient (Wildman–Crippen LogP) is -0.530. The maximum atomic E-state index is 10.7. The minimum Gasteiger partial charge on any atom is -0.368 e. The van der Waals surface area contributed by atoms with Gasteiger partial charge in [-0.3, -0.25) is 4.79 Å². The number of hydrogen-bond acceptors (Lipinski definition) is 2. The van der Waals surface area contributed by atoms with Crippen LogP contribution >= 0.6 is 0 Å². The summed E-state index contributed by atoms with van der Waals surface area (Å²) in [5.74, 6) is 1.47. The summed E-state index contributed by atoms with van der Waals surface area (Å²) in [6, 6.07) is -0.0382. The number of hydrogen-bond donors (Lipinski definition) is 2. The molecule has 1 saturated heterocycles. The van der Waals surface area contributed by atoms with Crippen molar-refractivity contribution in [2.75, 3.05) is 6.54 Å². The van der Waals surface area contributed by atoms with Gasteiger partial charge in [-0.25, -0.2) is 0 Å². The van der Waals surface area contributed by atoms with Gasteiger partial charge in [-0.15, -0.1) is 0 Å². The van der Waals surface area contributed by atoms with Crippen LogP contribution in [-0.2, 0) is 4.79 Å². The standard InChI is InChI=1S/C7H12N2O/c8-7(10)6-2-4-1-5(4)3-9-6/h4-6,9H,1-3H2,(H2,8,10). The first-order valence-electron chi connectivity index (χ1n) is 3.80. The molecule has 1 heterocycles. The van der Waals surface area contributed by atoms with Crippen molar-refractivity contribution in [2.45, 2.75) is 18.9 Å². The fourth-order valence-electron chi connectivity index (χ4n) is 1.75. The van der Waals surface area contributed by atoms with Crippen LogP contribution in [0.25, 0.3) is 0 Å². The van der Waals surface area contributed by atoms with Gasteiger partial charge in [0.05, 0.1) is 6.04 Å². The molecule has 1 aliphatic heterocycles. The molecule has 0 aromatic rings. The quantitative estimate of drug-likeness (QED) is 0.514. The van der Waals surface area contributed by atoms with Crippen LogP contribution in [0, 0.1) is 11.8 Å². The Morgan fingerprint density at radius 3 is 2.80 bits per heavy atom. The highest BCUT2D eigenvalue weighted by molar-refractivity contribution is 5.80. The molecular weight excluding hydrogens is 128 g/mol. The lowest BCUT2D eigenvalue weighted by molar-refractivity contribution is -0.120. The van der Waals surface area contributed by atoms with Crippen molar-refractivity contribution in [3.63, 3.8) is 0 Å². The molecule has 2 rings (SSSR count). The van der Waals surface area contributed by atoms with E-state index in [-0.39, 0.29) is 11.9 Å². The summed E-state index contributed by atoms with van der Waals surface area (Å²) >= 11 is 0. The van der Waals surface area contributed by atoms with Gasteiger partial charge in [0.25, 0.3) is 0 Å². The fraction of sp³-hybridized carbons (Fsp3) is 0.857. The zero-order valence-electron chi connectivity index (χ0n) is 5.84. The monoisotopic (exact) mass is 140 g/mol. The number of carbonyl (C=O) groups is 1. The van der Waals surface area contributed by atoms with Gasteiger partial charge in [0.1, 0.15) is 0 Å². The Labute approximate surface area is 60.0 Å². The van der Waals surface area contributed by atoms with Crippen molar-refractivity contribution in [3.8, 4) is 0 Å². The first-order chi connectivity index (χ1) is 4.77. The number of nitrogens with two attached hydrogens (primary N) is 1. The van der Waals surface area contributed by atoms with Crippen molar-refractivity contribution in [3.05, 3.63) is 0 Å². The van der Waals surface area contributed by atoms with E-state index in [0.29, 0.717) is 0 Å². The highest BCUT2D eigenvalue weighted by Gasteiger charge is 2.43. The van der Waals surface area contributed by atoms with Crippen LogP contribution in [0.5, 0.6) is 0 Å². The van der Waals surface area contributed by atoms with E-state index in [1.807, 2.05) is 0 Å². The van der Waals surface area contributed by atoms with E-state index in [1.54, 1.807) is 0 Å². The second-order valence-corrected chi connectivity index (χ2v) is 3.35. The topological polar surface area (TPSA) is 55.1 Å². The molecule has 3 nitrogen and oxygen atoms in total. The fourth-order valence-corrected chi connectivity index (χ4v) is 1.75. The zero-order chi connectivity index (χ0) is 7.14. The van der Waals surface area contributed by atoms with Crippen molar-refractivity contribution >= 4 is 5.91 Å². The molecular formula is C7H12N2O. The molecule has 3 unspecified atom stereocenters. The normalized spacial score (nSPS) is 44.2. The molecule has 10 heavy (non-hydrogen) atoms. The lowest BCUT2D eigenvalue weighted by Crippen LogP contribution is -2.45. The van der Waals surface area contributed by atoms with Crippen LogP contribution in [-0.4, -0.2) is 18.5 Å². The number of nitrogens with one attached hydrogen (secondary N) is 1. The summed E-state index contributed by atoms with van der Waals surface area (Å²) in [4.78, 5) is 10.7. The van der Waals surface area contributed by atoms with Gasteiger partial charge in [0, 0.05) is 0 Å². The van der Waals surface area contributed by atoms with Crippen LogP contribution in [0.2, 0.25) is 0 Å². The third-order valence-corrected chi connectivity index (χ3v) is 2.58. The summed E-state index contributed by atoms with van der Waals surface area (Å²) in [6.07, 6.45) is 2.27. The SMILES string of the molecule is NC(=O)C1CC2CC2CN1. The Kier molecular flexibility index (Phi) is 1.20. The Bertz CT molecular complexity index is 169. The predicted molar refractivity (Wildman–Crippen MR) is 37.2 cm³/mol. The van der Waals surface area contributed by atoms with E-state index in [4.69, 9.17) is 5.73 Å². The molecule has 2 fully saturated rings. The molecule has 3 heteroatoms. The molecule has 0 aromatic heterocycles. The average molecular weight is 140 g/mol. The number of primary amides is 1. The van der Waals surface area contributed by atoms with Crippen LogP contribution in [0.3, 0.4) is 0 Å². The van der Waals surface area contributed by atoms with Gasteiger partial charge >= 0.3 is 0 Å². The highest BCUT2D eigenvalue weighted by atomic mass is 16.1. The number of piperidine rings is 1. The van der Waals surface area contributed by atoms with E-state index < -0.39 is 0 Å². The Morgan fingerprint density at radius 2 is 2.20 bits per heavy atom. The summed E-state index contributed by atoms with van der Waals surface area (Å²) in [7, 11) is 0. The molecule has 0 spiro atoms. The van der Waals surface area contributed by atoms with E-state index in [9.17, 15) is 4.79 Å². The van der Waals surface area contributed by atoms with Crippen LogP contribution < -0.4 is 11.1 Å². The van der Waals surface area contributed by atoms with Crippen molar-refractivity contribution < 1.29 is 4.79 Å². The minimum absolute atomic E-state index is 0.0382. The summed E-state index contributed by atoms with van der Waals surface area (Å²) in [6.45, 7) is 0.998. The third kappa shape index (κ3) is 0.904. The van der Waals surface area contributed by atoms with Gasteiger partial charge in [-0.2, -0.15) is 0 Å². The summed E-state index contributed by atoms with van der Waals surface area (Å²) in [5.41, 5.74) is 5.15. The third-order valence-electron chi connectivity index (χ3n) is 2.58. The number of amides is 1. The largest absolute Gasteiger partial charge is 0.368 e. The minimum atomic E-state index is -0.189. The molecule has 3 atom stereocenters. The first-order valence-corrected chi connectivity index (χ1v) is 3.80. The first kappa shape index (κ1) is 6.16. The number of carbonyl (C=O) groups excluding carboxylic acids is 1. The van der Waals surface area contributed by atoms with Gasteiger partial charge < -0.3 is 11.1 Å². The second kappa shape index (κ2) is 1.95. The molecule has 2 aliphatic rings. The molecule has 0 aromatic carbocycles. The van der Waals surface area contributed by atoms with Crippen molar-refractivity contribution in [1.29, 1.82) is 0 Å². The van der Waals surface area contributed by atoms with E-state index >= 15 is 0 Å². The lowest BCUT2D eigenvalue weighted by Gasteiger charge is -2.19. The van der Waals surface area contributed by atoms with E-state index in [1.165, 1.54) is 6.42 Å². The smallest absolute Gasteiger partial charge is 0.234 e. The Hall–Kier alpha value is -0.570. The van der Waals surface area contributed by atoms with Crippen LogP contribution in [0.15, 0.2) is 0 Å². The second-order valence-electron chi connectivity index (χ2n) is 3.35. The van der Waals surface area contributed by atoms with Crippen LogP contribution in [0.1, 0.15) is 12.8 Å². The molecule has 56 valence electrons. The van der Waals surface area contributed by atoms with Gasteiger partial charge in [-0.1, -0.05) is 0 Å². The van der Waals surface area contributed by atoms with E-state index in [2.05, 4.69) is 5.32 Å². The maximum Gasteiger partial charge on any atom is 0.234 e. The van der Waals surface area contributed by atoms with Gasteiger partial charge in [0.15, 0.2) is 0 Å². The molecule has 1 saturated carbocycles. The Balaban J connectivity index is 1.94. The number of rotatable bonds is 1. The lowest BCUT2D eigenvalue weighted by atomic mass is 10.0. The Morgan fingerprint density at radius 1 is 1.40 bits per heavy atom. The molecule has 0 bridgehead atoms. The van der Waals surface area contributed by atoms with Gasteiger partial charge in [0.2, 0.25) is 5.91 Å². The summed E-state index contributed by atoms with van der Waals surface area (Å²) in [5, 5.41) is 3.14. The maximum absolute atomic E-state index is 10.7. The molecule has 0 radical (unpaired) electrons. The van der Waals surface area contributed by atoms with Gasteiger partial charge in [-0.05, 0) is 31.2 Å². The van der Waals surface area contributed by atoms with Crippen LogP contribution in [0.4, 0.5) is 0 Å². The van der Waals surface area contributed by atoms with E-state index in [0.717, 1.165) is 24.8 Å². The average Bonchev–Trinajstić information content (AvgIpc) is 2.63. The molecule has 3 N–H and O–H groups in total. The van der Waals surface area contributed by atoms with Crippen molar-refractivity contribution in [1.82, 2.24) is 5.32 Å². The number of fused-ring (bicyclic) bond motifs is 1. The molecule has 1 amide bonds. The zero-order valence-corrected chi connectivity index (χ0v) is 5.84. The van der Waals surface area contributed by atoms with Crippen molar-refractivity contribution in [2.24, 2.45) is 17.6 Å².